The molecule has 12 heteroatoms. The zero-order valence-electron chi connectivity index (χ0n) is 25.8. The number of halogens is 1. The predicted octanol–water partition coefficient (Wildman–Crippen LogP) is 5.51. The number of oxime groups is 1. The lowest BCUT2D eigenvalue weighted by atomic mass is 9.95. The number of carbonyl (C=O) groups excluding carboxylic acids is 1. The number of nitrogens with one attached hydrogen (secondary N) is 2. The number of hydrogen-bond donors (Lipinski definition) is 3. The molecule has 1 aliphatic heterocycles. The van der Waals surface area contributed by atoms with Gasteiger partial charge in [-0.15, -0.1) is 5.16 Å². The molecule has 0 bridgehead atoms. The van der Waals surface area contributed by atoms with E-state index in [1.54, 1.807) is 45.0 Å². The first kappa shape index (κ1) is 32.6. The smallest absolute Gasteiger partial charge is 0.408 e. The highest BCUT2D eigenvalue weighted by atomic mass is 19.1. The van der Waals surface area contributed by atoms with Crippen molar-refractivity contribution in [3.63, 3.8) is 0 Å². The molecule has 3 aromatic rings. The molecule has 3 N–H and O–H groups in total. The first-order valence-electron chi connectivity index (χ1n) is 14.7. The Hall–Kier alpha value is -4.32. The van der Waals surface area contributed by atoms with E-state index in [0.717, 1.165) is 32.5 Å². The topological polar surface area (TPSA) is 138 Å². The summed E-state index contributed by atoms with van der Waals surface area (Å²) >= 11 is 0. The number of piperidine rings is 1. The normalized spacial score (nSPS) is 15.6. The first-order chi connectivity index (χ1) is 20.9. The molecular weight excluding hydrogens is 567 g/mol. The Labute approximate surface area is 256 Å². The van der Waals surface area contributed by atoms with Crippen LogP contribution in [-0.4, -0.2) is 65.3 Å². The van der Waals surface area contributed by atoms with Crippen molar-refractivity contribution < 1.29 is 28.7 Å². The van der Waals surface area contributed by atoms with Crippen LogP contribution in [0.2, 0.25) is 0 Å². The van der Waals surface area contributed by atoms with E-state index in [-0.39, 0.29) is 12.1 Å². The van der Waals surface area contributed by atoms with Gasteiger partial charge >= 0.3 is 12.1 Å². The van der Waals surface area contributed by atoms with Crippen LogP contribution in [-0.2, 0) is 14.4 Å². The fourth-order valence-corrected chi connectivity index (χ4v) is 5.27. The number of alkyl carbamates (subject to hydrolysis) is 1. The summed E-state index contributed by atoms with van der Waals surface area (Å²) in [4.78, 5) is 40.7. The zero-order valence-corrected chi connectivity index (χ0v) is 25.8. The number of hydrogen-bond acceptors (Lipinski definition) is 9. The molecule has 1 aromatic heterocycles. The van der Waals surface area contributed by atoms with E-state index in [2.05, 4.69) is 51.2 Å². The summed E-state index contributed by atoms with van der Waals surface area (Å²) in [6, 6.07) is 8.09. The van der Waals surface area contributed by atoms with Gasteiger partial charge in [0.15, 0.2) is 12.3 Å². The summed E-state index contributed by atoms with van der Waals surface area (Å²) in [7, 11) is 0. The number of fused-ring (bicyclic) bond motifs is 1. The molecule has 0 spiro atoms. The van der Waals surface area contributed by atoms with Gasteiger partial charge in [0, 0.05) is 43.2 Å². The van der Waals surface area contributed by atoms with Crippen molar-refractivity contribution in [2.24, 2.45) is 17.0 Å². The zero-order chi connectivity index (χ0) is 32.0. The molecular formula is C32H41FN6O5. The molecule has 0 radical (unpaired) electrons. The van der Waals surface area contributed by atoms with Crippen molar-refractivity contribution in [3.05, 3.63) is 54.1 Å². The highest BCUT2D eigenvalue weighted by Crippen LogP contribution is 2.34. The third kappa shape index (κ3) is 8.19. The lowest BCUT2D eigenvalue weighted by molar-refractivity contribution is -0.139. The van der Waals surface area contributed by atoms with Crippen molar-refractivity contribution in [3.8, 4) is 11.1 Å². The summed E-state index contributed by atoms with van der Waals surface area (Å²) < 4.78 is 20.3. The predicted molar refractivity (Wildman–Crippen MR) is 167 cm³/mol. The summed E-state index contributed by atoms with van der Waals surface area (Å²) in [5.74, 6) is -0.304. The van der Waals surface area contributed by atoms with Crippen LogP contribution >= 0.6 is 0 Å². The quantitative estimate of drug-likeness (QED) is 0.146. The molecule has 2 aromatic carbocycles. The second-order valence-electron chi connectivity index (χ2n) is 12.3. The standard InChI is InChI=1S/C32H41FN6O5/c1-19(2)29(44-34-6)35-17-20-11-13-39(14-12-20)28-25-16-23(33)15-24(27(25)36-18-37-28)21-7-9-22(10-8-21)26(30(40)41)38-31(42)43-32(3,4)5/h7-10,15-16,18-20,26,29,35H,6,11-14,17H2,1-5H3,(H,38,42)(H,40,41). The van der Waals surface area contributed by atoms with E-state index in [1.165, 1.54) is 18.5 Å². The van der Waals surface area contributed by atoms with Gasteiger partial charge in [-0.25, -0.2) is 23.9 Å². The molecule has 1 amide bonds. The average Bonchev–Trinajstić information content (AvgIpc) is 2.96. The van der Waals surface area contributed by atoms with Crippen LogP contribution in [0.25, 0.3) is 22.0 Å². The van der Waals surface area contributed by atoms with Gasteiger partial charge in [0.05, 0.1) is 5.52 Å². The van der Waals surface area contributed by atoms with Crippen LogP contribution < -0.4 is 15.5 Å². The number of carboxylic acid groups (broad SMARTS) is 1. The SMILES string of the molecule is C=NOC(NCC1CCN(c2ncnc3c(-c4ccc(C(NC(=O)OC(C)(C)C)C(=O)O)cc4)cc(F)cc23)CC1)C(C)C. The molecule has 2 unspecified atom stereocenters. The van der Waals surface area contributed by atoms with Crippen LogP contribution in [0.3, 0.4) is 0 Å². The van der Waals surface area contributed by atoms with Crippen molar-refractivity contribution in [2.75, 3.05) is 24.5 Å². The third-order valence-corrected chi connectivity index (χ3v) is 7.46. The van der Waals surface area contributed by atoms with Gasteiger partial charge < -0.3 is 24.9 Å². The van der Waals surface area contributed by atoms with E-state index in [9.17, 15) is 14.7 Å². The van der Waals surface area contributed by atoms with Gasteiger partial charge in [0.2, 0.25) is 0 Å². The maximum absolute atomic E-state index is 15.0. The number of carbonyl (C=O) groups is 2. The average molecular weight is 609 g/mol. The van der Waals surface area contributed by atoms with Crippen LogP contribution in [0.15, 0.2) is 47.9 Å². The minimum atomic E-state index is -1.32. The van der Waals surface area contributed by atoms with Gasteiger partial charge in [-0.05, 0) is 62.8 Å². The minimum absolute atomic E-state index is 0.192. The second kappa shape index (κ2) is 14.0. The molecule has 0 saturated carbocycles. The van der Waals surface area contributed by atoms with Gasteiger partial charge in [0.25, 0.3) is 0 Å². The number of aromatic nitrogens is 2. The fourth-order valence-electron chi connectivity index (χ4n) is 5.27. The van der Waals surface area contributed by atoms with E-state index in [0.29, 0.717) is 39.3 Å². The Balaban J connectivity index is 1.52. The van der Waals surface area contributed by atoms with E-state index >= 15 is 4.39 Å². The summed E-state index contributed by atoms with van der Waals surface area (Å²) in [5.41, 5.74) is 1.34. The van der Waals surface area contributed by atoms with Crippen molar-refractivity contribution in [1.82, 2.24) is 20.6 Å². The molecule has 4 rings (SSSR count). The second-order valence-corrected chi connectivity index (χ2v) is 12.3. The van der Waals surface area contributed by atoms with E-state index in [1.807, 2.05) is 0 Å². The van der Waals surface area contributed by atoms with Crippen molar-refractivity contribution in [2.45, 2.75) is 65.3 Å². The van der Waals surface area contributed by atoms with Gasteiger partial charge in [-0.3, -0.25) is 5.32 Å². The Bertz CT molecular complexity index is 1470. The Morgan fingerprint density at radius 1 is 1.16 bits per heavy atom. The number of aliphatic carboxylic acids is 1. The van der Waals surface area contributed by atoms with Crippen LogP contribution in [0.4, 0.5) is 15.0 Å². The maximum atomic E-state index is 15.0. The molecule has 1 saturated heterocycles. The van der Waals surface area contributed by atoms with Gasteiger partial charge in [-0.1, -0.05) is 38.1 Å². The fraction of sp³-hybridized carbons (Fsp3) is 0.469. The highest BCUT2D eigenvalue weighted by molar-refractivity contribution is 5.99. The summed E-state index contributed by atoms with van der Waals surface area (Å²) in [6.07, 6.45) is 2.31. The molecule has 0 aliphatic carbocycles. The first-order valence-corrected chi connectivity index (χ1v) is 14.7. The summed E-state index contributed by atoms with van der Waals surface area (Å²) in [5, 5.41) is 19.7. The monoisotopic (exact) mass is 608 g/mol. The largest absolute Gasteiger partial charge is 0.479 e. The molecule has 1 aliphatic rings. The number of amides is 1. The van der Waals surface area contributed by atoms with Gasteiger partial charge in [-0.2, -0.15) is 0 Å². The molecule has 2 atom stereocenters. The number of ether oxygens (including phenoxy) is 1. The van der Waals surface area contributed by atoms with Crippen LogP contribution in [0.1, 0.15) is 59.1 Å². The molecule has 236 valence electrons. The lowest BCUT2D eigenvalue weighted by Crippen LogP contribution is -2.42. The third-order valence-electron chi connectivity index (χ3n) is 7.46. The molecule has 44 heavy (non-hydrogen) atoms. The van der Waals surface area contributed by atoms with E-state index < -0.39 is 29.5 Å². The van der Waals surface area contributed by atoms with E-state index in [4.69, 9.17) is 9.57 Å². The number of benzene rings is 2. The van der Waals surface area contributed by atoms with Crippen LogP contribution in [0.5, 0.6) is 0 Å². The number of rotatable bonds is 11. The Morgan fingerprint density at radius 3 is 2.43 bits per heavy atom. The maximum Gasteiger partial charge on any atom is 0.408 e. The molecule has 2 heterocycles. The number of anilines is 1. The number of nitrogens with zero attached hydrogens (tertiary/aromatic N) is 4. The highest BCUT2D eigenvalue weighted by Gasteiger charge is 2.27. The minimum Gasteiger partial charge on any atom is -0.479 e. The van der Waals surface area contributed by atoms with Gasteiger partial charge in [0.1, 0.15) is 23.6 Å². The Morgan fingerprint density at radius 2 is 1.84 bits per heavy atom. The Kier molecular flexibility index (Phi) is 10.4. The van der Waals surface area contributed by atoms with Crippen molar-refractivity contribution in [1.29, 1.82) is 0 Å². The van der Waals surface area contributed by atoms with Crippen molar-refractivity contribution >= 4 is 35.5 Å². The van der Waals surface area contributed by atoms with Crippen LogP contribution in [0, 0.1) is 17.7 Å². The lowest BCUT2D eigenvalue weighted by Gasteiger charge is -2.34. The summed E-state index contributed by atoms with van der Waals surface area (Å²) in [6.45, 7) is 14.9. The molecule has 11 nitrogen and oxygen atoms in total. The number of carboxylic acids is 1. The molecule has 1 fully saturated rings.